The van der Waals surface area contributed by atoms with Gasteiger partial charge in [0.15, 0.2) is 0 Å². The van der Waals surface area contributed by atoms with Crippen LogP contribution in [-0.4, -0.2) is 28.1 Å². The molecule has 6 heteroatoms. The molecule has 1 aliphatic rings. The second kappa shape index (κ2) is 8.14. The van der Waals surface area contributed by atoms with Gasteiger partial charge < -0.3 is 10.2 Å². The van der Waals surface area contributed by atoms with Crippen molar-refractivity contribution in [3.63, 3.8) is 0 Å². The van der Waals surface area contributed by atoms with Crippen LogP contribution < -0.4 is 10.2 Å². The summed E-state index contributed by atoms with van der Waals surface area (Å²) in [5, 5.41) is 7.65. The fourth-order valence-corrected chi connectivity index (χ4v) is 3.93. The summed E-state index contributed by atoms with van der Waals surface area (Å²) in [6.45, 7) is 6.78. The largest absolute Gasteiger partial charge is 0.352 e. The average molecular weight is 402 g/mol. The quantitative estimate of drug-likeness (QED) is 0.711. The molecule has 0 spiro atoms. The summed E-state index contributed by atoms with van der Waals surface area (Å²) >= 11 is 0. The number of anilines is 1. The molecule has 6 nitrogen and oxygen atoms in total. The van der Waals surface area contributed by atoms with Crippen LogP contribution in [0.15, 0.2) is 54.6 Å². The first-order valence-electron chi connectivity index (χ1n) is 10.2. The molecular formula is C24H26N4O2. The topological polar surface area (TPSA) is 67.2 Å². The zero-order valence-electron chi connectivity index (χ0n) is 17.6. The minimum Gasteiger partial charge on any atom is -0.352 e. The Bertz CT molecular complexity index is 1070. The average Bonchev–Trinajstić information content (AvgIpc) is 3.27. The van der Waals surface area contributed by atoms with Gasteiger partial charge in [-0.1, -0.05) is 35.9 Å². The lowest BCUT2D eigenvalue weighted by Crippen LogP contribution is -2.32. The van der Waals surface area contributed by atoms with Gasteiger partial charge in [0.25, 0.3) is 0 Å². The van der Waals surface area contributed by atoms with E-state index in [0.29, 0.717) is 13.1 Å². The van der Waals surface area contributed by atoms with E-state index in [1.54, 1.807) is 4.90 Å². The molecule has 0 bridgehead atoms. The zero-order valence-corrected chi connectivity index (χ0v) is 17.6. The molecule has 0 saturated carbocycles. The highest BCUT2D eigenvalue weighted by atomic mass is 16.2. The van der Waals surface area contributed by atoms with E-state index in [1.807, 2.05) is 80.1 Å². The smallest absolute Gasteiger partial charge is 0.227 e. The number of hydrogen-bond acceptors (Lipinski definition) is 3. The molecule has 1 N–H and O–H groups in total. The third-order valence-electron chi connectivity index (χ3n) is 5.72. The second-order valence-electron chi connectivity index (χ2n) is 7.86. The zero-order chi connectivity index (χ0) is 21.3. The first kappa shape index (κ1) is 19.9. The van der Waals surface area contributed by atoms with E-state index < -0.39 is 0 Å². The Morgan fingerprint density at radius 3 is 2.43 bits per heavy atom. The van der Waals surface area contributed by atoms with Gasteiger partial charge in [-0.05, 0) is 45.0 Å². The third-order valence-corrected chi connectivity index (χ3v) is 5.72. The molecule has 2 amide bonds. The van der Waals surface area contributed by atoms with Gasteiger partial charge in [0.2, 0.25) is 11.8 Å². The molecule has 2 heterocycles. The van der Waals surface area contributed by atoms with Gasteiger partial charge in [-0.25, -0.2) is 4.68 Å². The van der Waals surface area contributed by atoms with Crippen LogP contribution in [0.1, 0.15) is 28.9 Å². The number of nitrogens with one attached hydrogen (secondary N) is 1. The van der Waals surface area contributed by atoms with E-state index in [-0.39, 0.29) is 24.2 Å². The van der Waals surface area contributed by atoms with E-state index in [1.165, 1.54) is 0 Å². The summed E-state index contributed by atoms with van der Waals surface area (Å²) in [5.41, 5.74) is 5.87. The Balaban J connectivity index is 1.42. The molecule has 154 valence electrons. The van der Waals surface area contributed by atoms with E-state index in [9.17, 15) is 9.59 Å². The van der Waals surface area contributed by atoms with Crippen LogP contribution in [0.25, 0.3) is 5.69 Å². The number of amides is 2. The molecule has 1 aliphatic heterocycles. The molecule has 0 aliphatic carbocycles. The summed E-state index contributed by atoms with van der Waals surface area (Å²) in [6, 6.07) is 17.7. The predicted octanol–water partition coefficient (Wildman–Crippen LogP) is 3.47. The Labute approximate surface area is 176 Å². The highest BCUT2D eigenvalue weighted by Gasteiger charge is 2.35. The predicted molar refractivity (Wildman–Crippen MR) is 117 cm³/mol. The summed E-state index contributed by atoms with van der Waals surface area (Å²) in [7, 11) is 0. The lowest BCUT2D eigenvalue weighted by Gasteiger charge is -2.17. The van der Waals surface area contributed by atoms with E-state index >= 15 is 0 Å². The Morgan fingerprint density at radius 1 is 1.03 bits per heavy atom. The highest BCUT2D eigenvalue weighted by Crippen LogP contribution is 2.26. The van der Waals surface area contributed by atoms with Crippen LogP contribution in [-0.2, 0) is 16.1 Å². The Hall–Kier alpha value is -3.41. The molecule has 1 saturated heterocycles. The maximum absolute atomic E-state index is 12.8. The van der Waals surface area contributed by atoms with Gasteiger partial charge in [-0.3, -0.25) is 9.59 Å². The number of para-hydroxylation sites is 1. The minimum atomic E-state index is -0.344. The number of nitrogens with zero attached hydrogens (tertiary/aromatic N) is 3. The number of aromatic nitrogens is 2. The summed E-state index contributed by atoms with van der Waals surface area (Å²) in [6.07, 6.45) is 0.237. The lowest BCUT2D eigenvalue weighted by atomic mass is 10.1. The van der Waals surface area contributed by atoms with Crippen molar-refractivity contribution in [2.24, 2.45) is 5.92 Å². The number of rotatable bonds is 5. The van der Waals surface area contributed by atoms with Crippen molar-refractivity contribution < 1.29 is 9.59 Å². The van der Waals surface area contributed by atoms with Crippen molar-refractivity contribution >= 4 is 17.5 Å². The van der Waals surface area contributed by atoms with Crippen molar-refractivity contribution in [1.82, 2.24) is 15.1 Å². The number of hydrogen-bond donors (Lipinski definition) is 1. The summed E-state index contributed by atoms with van der Waals surface area (Å²) in [4.78, 5) is 26.9. The number of carbonyl (C=O) groups excluding carboxylic acids is 2. The van der Waals surface area contributed by atoms with E-state index in [0.717, 1.165) is 33.9 Å². The number of benzene rings is 2. The molecule has 2 aromatic carbocycles. The van der Waals surface area contributed by atoms with Crippen molar-refractivity contribution in [3.05, 3.63) is 77.1 Å². The highest BCUT2D eigenvalue weighted by molar-refractivity contribution is 6.00. The normalized spacial score (nSPS) is 16.2. The third kappa shape index (κ3) is 3.85. The Morgan fingerprint density at radius 2 is 1.73 bits per heavy atom. The van der Waals surface area contributed by atoms with Gasteiger partial charge in [0.1, 0.15) is 0 Å². The van der Waals surface area contributed by atoms with Gasteiger partial charge in [-0.15, -0.1) is 0 Å². The lowest BCUT2D eigenvalue weighted by molar-refractivity contribution is -0.126. The monoisotopic (exact) mass is 402 g/mol. The molecule has 1 atom stereocenters. The van der Waals surface area contributed by atoms with E-state index in [4.69, 9.17) is 0 Å². The number of carbonyl (C=O) groups is 2. The van der Waals surface area contributed by atoms with Gasteiger partial charge >= 0.3 is 0 Å². The van der Waals surface area contributed by atoms with Crippen LogP contribution in [0.2, 0.25) is 0 Å². The molecule has 1 fully saturated rings. The maximum atomic E-state index is 12.8. The molecule has 1 aromatic heterocycles. The van der Waals surface area contributed by atoms with Crippen LogP contribution in [0, 0.1) is 26.7 Å². The molecule has 30 heavy (non-hydrogen) atoms. The first-order valence-corrected chi connectivity index (χ1v) is 10.2. The maximum Gasteiger partial charge on any atom is 0.227 e. The van der Waals surface area contributed by atoms with Crippen LogP contribution in [0.4, 0.5) is 5.69 Å². The molecular weight excluding hydrogens is 376 g/mol. The molecule has 3 aromatic rings. The minimum absolute atomic E-state index is 0.0109. The standard InChI is InChI=1S/C24H26N4O2/c1-16-9-11-20(12-10-16)27-15-19(13-23(27)29)24(30)25-14-22-17(2)26-28(18(22)3)21-7-5-4-6-8-21/h4-12,19H,13-15H2,1-3H3,(H,25,30)/t19-/m0/s1. The van der Waals surface area contributed by atoms with Crippen LogP contribution in [0.3, 0.4) is 0 Å². The van der Waals surface area contributed by atoms with Gasteiger partial charge in [0, 0.05) is 36.5 Å². The van der Waals surface area contributed by atoms with Crippen molar-refractivity contribution in [1.29, 1.82) is 0 Å². The van der Waals surface area contributed by atoms with Crippen LogP contribution in [0.5, 0.6) is 0 Å². The fourth-order valence-electron chi connectivity index (χ4n) is 3.93. The van der Waals surface area contributed by atoms with Gasteiger partial charge in [0.05, 0.1) is 17.3 Å². The summed E-state index contributed by atoms with van der Waals surface area (Å²) in [5.74, 6) is -0.448. The fraction of sp³-hybridized carbons (Fsp3) is 0.292. The first-order chi connectivity index (χ1) is 14.4. The second-order valence-corrected chi connectivity index (χ2v) is 7.86. The molecule has 0 radical (unpaired) electrons. The van der Waals surface area contributed by atoms with Crippen molar-refractivity contribution in [2.45, 2.75) is 33.7 Å². The molecule has 0 unspecified atom stereocenters. The molecule has 4 rings (SSSR count). The van der Waals surface area contributed by atoms with Crippen LogP contribution >= 0.6 is 0 Å². The SMILES string of the molecule is Cc1ccc(N2C[C@@H](C(=O)NCc3c(C)nn(-c4ccccc4)c3C)CC2=O)cc1. The van der Waals surface area contributed by atoms with E-state index in [2.05, 4.69) is 10.4 Å². The Kier molecular flexibility index (Phi) is 5.40. The van der Waals surface area contributed by atoms with Crippen molar-refractivity contribution in [2.75, 3.05) is 11.4 Å². The number of aryl methyl sites for hydroxylation is 2. The van der Waals surface area contributed by atoms with Gasteiger partial charge in [-0.2, -0.15) is 5.10 Å². The summed E-state index contributed by atoms with van der Waals surface area (Å²) < 4.78 is 1.90. The van der Waals surface area contributed by atoms with Crippen molar-refractivity contribution in [3.8, 4) is 5.69 Å².